The van der Waals surface area contributed by atoms with Gasteiger partial charge in [-0.25, -0.2) is 4.79 Å². The summed E-state index contributed by atoms with van der Waals surface area (Å²) in [6.45, 7) is 0.237. The van der Waals surface area contributed by atoms with E-state index < -0.39 is 0 Å². The topological polar surface area (TPSA) is 47.9 Å². The zero-order valence-corrected chi connectivity index (χ0v) is 9.91. The Hall–Kier alpha value is -1.32. The minimum Gasteiger partial charge on any atom is -0.454 e. The molecule has 1 heterocycles. The van der Waals surface area contributed by atoms with Gasteiger partial charge in [0, 0.05) is 0 Å². The number of isocyanates is 1. The van der Waals surface area contributed by atoms with Crippen LogP contribution in [-0.2, 0) is 10.3 Å². The zero-order valence-electron chi connectivity index (χ0n) is 8.33. The number of fused-ring (bicyclic) bond motifs is 1. The Bertz CT molecular complexity index is 504. The van der Waals surface area contributed by atoms with E-state index in [1.54, 1.807) is 6.08 Å². The van der Waals surface area contributed by atoms with E-state index in [0.29, 0.717) is 5.75 Å². The van der Waals surface area contributed by atoms with Gasteiger partial charge in [-0.3, -0.25) is 0 Å². The maximum absolute atomic E-state index is 10.4. The third kappa shape index (κ3) is 1.29. The van der Waals surface area contributed by atoms with E-state index in [2.05, 4.69) is 20.9 Å². The van der Waals surface area contributed by atoms with Crippen LogP contribution in [0.25, 0.3) is 0 Å². The molecule has 4 nitrogen and oxygen atoms in total. The Labute approximate surface area is 100 Å². The molecular weight excluding hydrogens is 274 g/mol. The minimum absolute atomic E-state index is 0.237. The monoisotopic (exact) mass is 281 g/mol. The minimum atomic E-state index is -0.387. The molecule has 1 fully saturated rings. The first-order valence-electron chi connectivity index (χ1n) is 4.94. The van der Waals surface area contributed by atoms with Crippen LogP contribution in [0.5, 0.6) is 11.5 Å². The van der Waals surface area contributed by atoms with E-state index in [1.807, 2.05) is 12.1 Å². The van der Waals surface area contributed by atoms with Gasteiger partial charge in [0.15, 0.2) is 11.5 Å². The number of hydrogen-bond acceptors (Lipinski definition) is 4. The molecule has 0 amide bonds. The fraction of sp³-hybridized carbons (Fsp3) is 0.364. The van der Waals surface area contributed by atoms with Gasteiger partial charge < -0.3 is 9.47 Å². The second-order valence-corrected chi connectivity index (χ2v) is 4.69. The standard InChI is InChI=1S/C11H8BrNO3/c12-9-7(11(3-4-11)13-5-14)1-2-8-10(9)16-6-15-8/h1-2H,3-4,6H2. The van der Waals surface area contributed by atoms with E-state index in [9.17, 15) is 4.79 Å². The highest BCUT2D eigenvalue weighted by Gasteiger charge is 2.47. The number of nitrogens with zero attached hydrogens (tertiary/aromatic N) is 1. The molecule has 1 saturated carbocycles. The van der Waals surface area contributed by atoms with E-state index in [-0.39, 0.29) is 12.3 Å². The fourth-order valence-electron chi connectivity index (χ4n) is 1.94. The number of halogens is 1. The predicted molar refractivity (Wildman–Crippen MR) is 59.3 cm³/mol. The van der Waals surface area contributed by atoms with Gasteiger partial charge in [-0.1, -0.05) is 6.07 Å². The van der Waals surface area contributed by atoms with Gasteiger partial charge in [0.05, 0.1) is 10.0 Å². The molecule has 16 heavy (non-hydrogen) atoms. The lowest BCUT2D eigenvalue weighted by Crippen LogP contribution is -2.03. The van der Waals surface area contributed by atoms with E-state index in [1.165, 1.54) is 0 Å². The Balaban J connectivity index is 2.13. The summed E-state index contributed by atoms with van der Waals surface area (Å²) < 4.78 is 11.5. The van der Waals surface area contributed by atoms with Crippen molar-refractivity contribution < 1.29 is 14.3 Å². The Morgan fingerprint density at radius 2 is 2.19 bits per heavy atom. The van der Waals surface area contributed by atoms with Crippen LogP contribution in [0.4, 0.5) is 0 Å². The summed E-state index contributed by atoms with van der Waals surface area (Å²) in [6.07, 6.45) is 3.40. The van der Waals surface area contributed by atoms with Crippen molar-refractivity contribution in [1.82, 2.24) is 0 Å². The number of hydrogen-bond donors (Lipinski definition) is 0. The Kier molecular flexibility index (Phi) is 2.06. The number of carbonyl (C=O) groups excluding carboxylic acids is 1. The highest BCUT2D eigenvalue weighted by atomic mass is 79.9. The molecule has 0 unspecified atom stereocenters. The van der Waals surface area contributed by atoms with Crippen LogP contribution in [0.15, 0.2) is 21.6 Å². The number of ether oxygens (including phenoxy) is 2. The van der Waals surface area contributed by atoms with Crippen molar-refractivity contribution in [3.05, 3.63) is 22.2 Å². The summed E-state index contributed by atoms with van der Waals surface area (Å²) >= 11 is 3.48. The number of benzene rings is 1. The summed E-state index contributed by atoms with van der Waals surface area (Å²) in [6, 6.07) is 3.77. The van der Waals surface area contributed by atoms with Crippen molar-refractivity contribution in [3.63, 3.8) is 0 Å². The predicted octanol–water partition coefficient (Wildman–Crippen LogP) is 2.50. The zero-order chi connectivity index (χ0) is 11.2. The van der Waals surface area contributed by atoms with Gasteiger partial charge in [0.2, 0.25) is 12.9 Å². The summed E-state index contributed by atoms with van der Waals surface area (Å²) in [4.78, 5) is 14.3. The molecule has 0 aromatic heterocycles. The van der Waals surface area contributed by atoms with E-state index in [4.69, 9.17) is 9.47 Å². The highest BCUT2D eigenvalue weighted by Crippen LogP contribution is 2.55. The van der Waals surface area contributed by atoms with Crippen molar-refractivity contribution in [2.24, 2.45) is 4.99 Å². The molecule has 0 bridgehead atoms. The van der Waals surface area contributed by atoms with Crippen molar-refractivity contribution in [1.29, 1.82) is 0 Å². The molecular formula is C11H8BrNO3. The summed E-state index contributed by atoms with van der Waals surface area (Å²) in [5.41, 5.74) is 0.585. The molecule has 1 aromatic rings. The van der Waals surface area contributed by atoms with Crippen molar-refractivity contribution in [2.75, 3.05) is 6.79 Å². The smallest absolute Gasteiger partial charge is 0.235 e. The third-order valence-electron chi connectivity index (χ3n) is 2.96. The van der Waals surface area contributed by atoms with Crippen LogP contribution < -0.4 is 9.47 Å². The first kappa shape index (κ1) is 9.87. The molecule has 2 aliphatic rings. The normalized spacial score (nSPS) is 19.1. The average Bonchev–Trinajstić information content (AvgIpc) is 2.89. The fourth-order valence-corrected chi connectivity index (χ4v) is 2.76. The molecule has 82 valence electrons. The third-order valence-corrected chi connectivity index (χ3v) is 3.75. The van der Waals surface area contributed by atoms with Crippen LogP contribution in [0.1, 0.15) is 18.4 Å². The maximum Gasteiger partial charge on any atom is 0.235 e. The van der Waals surface area contributed by atoms with Crippen molar-refractivity contribution >= 4 is 22.0 Å². The first-order chi connectivity index (χ1) is 7.77. The summed E-state index contributed by atoms with van der Waals surface area (Å²) in [5.74, 6) is 1.42. The van der Waals surface area contributed by atoms with Crippen LogP contribution in [-0.4, -0.2) is 12.9 Å². The van der Waals surface area contributed by atoms with Crippen LogP contribution in [0.3, 0.4) is 0 Å². The van der Waals surface area contributed by atoms with Gasteiger partial charge >= 0.3 is 0 Å². The Morgan fingerprint density at radius 3 is 2.88 bits per heavy atom. The van der Waals surface area contributed by atoms with Crippen LogP contribution in [0.2, 0.25) is 0 Å². The van der Waals surface area contributed by atoms with E-state index in [0.717, 1.165) is 28.6 Å². The lowest BCUT2D eigenvalue weighted by atomic mass is 10.1. The van der Waals surface area contributed by atoms with Gasteiger partial charge in [-0.05, 0) is 40.4 Å². The SMILES string of the molecule is O=C=NC1(c2ccc3c(c2Br)OCO3)CC1. The van der Waals surface area contributed by atoms with Crippen molar-refractivity contribution in [3.8, 4) is 11.5 Å². The lowest BCUT2D eigenvalue weighted by molar-refractivity contribution is 0.173. The van der Waals surface area contributed by atoms with Crippen LogP contribution in [0, 0.1) is 0 Å². The molecule has 0 atom stereocenters. The molecule has 5 heteroatoms. The highest BCUT2D eigenvalue weighted by molar-refractivity contribution is 9.10. The van der Waals surface area contributed by atoms with Crippen LogP contribution >= 0.6 is 15.9 Å². The quantitative estimate of drug-likeness (QED) is 0.618. The largest absolute Gasteiger partial charge is 0.454 e. The Morgan fingerprint density at radius 1 is 1.38 bits per heavy atom. The van der Waals surface area contributed by atoms with Gasteiger partial charge in [-0.15, -0.1) is 0 Å². The van der Waals surface area contributed by atoms with Crippen molar-refractivity contribution in [2.45, 2.75) is 18.4 Å². The summed E-state index contributed by atoms with van der Waals surface area (Å²) in [7, 11) is 0. The second-order valence-electron chi connectivity index (χ2n) is 3.90. The van der Waals surface area contributed by atoms with Gasteiger partial charge in [0.1, 0.15) is 0 Å². The molecule has 0 radical (unpaired) electrons. The average molecular weight is 282 g/mol. The molecule has 1 aliphatic carbocycles. The van der Waals surface area contributed by atoms with Gasteiger partial charge in [0.25, 0.3) is 0 Å². The number of rotatable bonds is 2. The molecule has 3 rings (SSSR count). The second kappa shape index (κ2) is 3.34. The first-order valence-corrected chi connectivity index (χ1v) is 5.74. The lowest BCUT2D eigenvalue weighted by Gasteiger charge is -2.12. The number of aliphatic imine (C=N–C) groups is 1. The molecule has 0 spiro atoms. The molecule has 1 aromatic carbocycles. The summed E-state index contributed by atoms with van der Waals surface area (Å²) in [5, 5.41) is 0. The van der Waals surface area contributed by atoms with E-state index >= 15 is 0 Å². The molecule has 0 N–H and O–H groups in total. The van der Waals surface area contributed by atoms with Gasteiger partial charge in [-0.2, -0.15) is 4.99 Å². The molecule has 1 aliphatic heterocycles. The molecule has 0 saturated heterocycles. The maximum atomic E-state index is 10.4.